The van der Waals surface area contributed by atoms with Crippen LogP contribution >= 0.6 is 0 Å². The molecule has 1 amide bonds. The maximum Gasteiger partial charge on any atom is 0.305 e. The Morgan fingerprint density at radius 2 is 2.14 bits per heavy atom. The molecule has 0 radical (unpaired) electrons. The molecule has 0 aromatic heterocycles. The topological polar surface area (TPSA) is 81.5 Å². The van der Waals surface area contributed by atoms with Crippen molar-refractivity contribution in [1.82, 2.24) is 5.32 Å². The van der Waals surface area contributed by atoms with Crippen LogP contribution < -0.4 is 5.32 Å². The molecule has 1 heterocycles. The lowest BCUT2D eigenvalue weighted by Gasteiger charge is -2.28. The van der Waals surface area contributed by atoms with Crippen molar-refractivity contribution in [2.45, 2.75) is 25.8 Å². The van der Waals surface area contributed by atoms with Crippen molar-refractivity contribution in [2.75, 3.05) is 13.2 Å². The Morgan fingerprint density at radius 3 is 2.76 bits per heavy atom. The molecule has 1 N–H and O–H groups in total. The molecule has 7 heteroatoms. The van der Waals surface area contributed by atoms with E-state index in [1.807, 2.05) is 6.92 Å². The Kier molecular flexibility index (Phi) is 4.85. The smallest absolute Gasteiger partial charge is 0.305 e. The zero-order valence-corrected chi connectivity index (χ0v) is 11.7. The summed E-state index contributed by atoms with van der Waals surface area (Å²) >= 11 is 0. The normalized spacial score (nSPS) is 17.2. The number of nitrogens with one attached hydrogen (secondary N) is 1. The van der Waals surface area contributed by atoms with E-state index in [1.54, 1.807) is 0 Å². The number of nitrogens with zero attached hydrogens (tertiary/aromatic N) is 1. The Bertz CT molecular complexity index is 544. The summed E-state index contributed by atoms with van der Waals surface area (Å²) in [7, 11) is 0. The highest BCUT2D eigenvalue weighted by molar-refractivity contribution is 5.95. The van der Waals surface area contributed by atoms with Gasteiger partial charge in [0.2, 0.25) is 5.82 Å². The fourth-order valence-corrected chi connectivity index (χ4v) is 2.42. The van der Waals surface area contributed by atoms with Gasteiger partial charge < -0.3 is 10.1 Å². The van der Waals surface area contributed by atoms with Crippen LogP contribution in [0.4, 0.5) is 10.1 Å². The van der Waals surface area contributed by atoms with Crippen molar-refractivity contribution in [3.05, 3.63) is 39.7 Å². The van der Waals surface area contributed by atoms with E-state index in [4.69, 9.17) is 4.74 Å². The first-order valence-electron chi connectivity index (χ1n) is 6.81. The van der Waals surface area contributed by atoms with Crippen LogP contribution in [-0.2, 0) is 4.74 Å². The SMILES string of the molecule is CC(NC(=O)c1ccc(F)c([N+](=O)[O-])c1)C1CCOCC1. The van der Waals surface area contributed by atoms with Gasteiger partial charge >= 0.3 is 5.69 Å². The summed E-state index contributed by atoms with van der Waals surface area (Å²) in [6, 6.07) is 3.08. The standard InChI is InChI=1S/C14H17FN2O4/c1-9(10-4-6-21-7-5-10)16-14(18)11-2-3-12(15)13(8-11)17(19)20/h2-3,8-10H,4-7H2,1H3,(H,16,18). The molecular formula is C14H17FN2O4. The van der Waals surface area contributed by atoms with E-state index in [2.05, 4.69) is 5.32 Å². The molecule has 1 unspecified atom stereocenters. The largest absolute Gasteiger partial charge is 0.381 e. The molecular weight excluding hydrogens is 279 g/mol. The second kappa shape index (κ2) is 6.62. The second-order valence-corrected chi connectivity index (χ2v) is 5.14. The predicted molar refractivity (Wildman–Crippen MR) is 73.5 cm³/mol. The molecule has 1 atom stereocenters. The molecule has 1 saturated heterocycles. The molecule has 0 bridgehead atoms. The predicted octanol–water partition coefficient (Wildman–Crippen LogP) is 2.28. The first kappa shape index (κ1) is 15.4. The van der Waals surface area contributed by atoms with Crippen molar-refractivity contribution >= 4 is 11.6 Å². The first-order valence-corrected chi connectivity index (χ1v) is 6.81. The number of carbonyl (C=O) groups is 1. The highest BCUT2D eigenvalue weighted by atomic mass is 19.1. The highest BCUT2D eigenvalue weighted by Gasteiger charge is 2.23. The highest BCUT2D eigenvalue weighted by Crippen LogP contribution is 2.21. The van der Waals surface area contributed by atoms with Crippen LogP contribution in [-0.4, -0.2) is 30.1 Å². The zero-order chi connectivity index (χ0) is 15.4. The lowest BCUT2D eigenvalue weighted by atomic mass is 9.93. The van der Waals surface area contributed by atoms with E-state index in [0.29, 0.717) is 19.1 Å². The van der Waals surface area contributed by atoms with Gasteiger partial charge in [-0.1, -0.05) is 0 Å². The van der Waals surface area contributed by atoms with E-state index in [9.17, 15) is 19.3 Å². The average molecular weight is 296 g/mol. The van der Waals surface area contributed by atoms with Crippen LogP contribution in [0.2, 0.25) is 0 Å². The fourth-order valence-electron chi connectivity index (χ4n) is 2.42. The number of nitro benzene ring substituents is 1. The Morgan fingerprint density at radius 1 is 1.48 bits per heavy atom. The third-order valence-electron chi connectivity index (χ3n) is 3.74. The number of halogens is 1. The quantitative estimate of drug-likeness (QED) is 0.682. The third-order valence-corrected chi connectivity index (χ3v) is 3.74. The maximum absolute atomic E-state index is 13.2. The van der Waals surface area contributed by atoms with Gasteiger partial charge in [-0.25, -0.2) is 0 Å². The summed E-state index contributed by atoms with van der Waals surface area (Å²) < 4.78 is 18.5. The van der Waals surface area contributed by atoms with E-state index in [0.717, 1.165) is 25.0 Å². The number of hydrogen-bond acceptors (Lipinski definition) is 4. The molecule has 1 aromatic rings. The number of rotatable bonds is 4. The van der Waals surface area contributed by atoms with E-state index in [1.165, 1.54) is 6.07 Å². The molecule has 114 valence electrons. The zero-order valence-electron chi connectivity index (χ0n) is 11.7. The molecule has 2 rings (SSSR count). The van der Waals surface area contributed by atoms with Crippen LogP contribution in [0.15, 0.2) is 18.2 Å². The Hall–Kier alpha value is -2.02. The Balaban J connectivity index is 2.06. The van der Waals surface area contributed by atoms with Gasteiger partial charge in [-0.15, -0.1) is 0 Å². The van der Waals surface area contributed by atoms with Gasteiger partial charge in [0.15, 0.2) is 0 Å². The molecule has 0 spiro atoms. The fraction of sp³-hybridized carbons (Fsp3) is 0.500. The molecule has 6 nitrogen and oxygen atoms in total. The van der Waals surface area contributed by atoms with E-state index in [-0.39, 0.29) is 11.6 Å². The van der Waals surface area contributed by atoms with Crippen LogP contribution in [0.25, 0.3) is 0 Å². The van der Waals surface area contributed by atoms with Crippen molar-refractivity contribution < 1.29 is 18.8 Å². The lowest BCUT2D eigenvalue weighted by Crippen LogP contribution is -2.40. The van der Waals surface area contributed by atoms with Gasteiger partial charge in [0.25, 0.3) is 5.91 Å². The molecule has 0 aliphatic carbocycles. The molecule has 1 aliphatic heterocycles. The van der Waals surface area contributed by atoms with Gasteiger partial charge in [-0.2, -0.15) is 4.39 Å². The third kappa shape index (κ3) is 3.75. The van der Waals surface area contributed by atoms with Crippen molar-refractivity contribution in [2.24, 2.45) is 5.92 Å². The van der Waals surface area contributed by atoms with Gasteiger partial charge in [0.1, 0.15) is 0 Å². The number of carbonyl (C=O) groups excluding carboxylic acids is 1. The van der Waals surface area contributed by atoms with Crippen LogP contribution in [0.3, 0.4) is 0 Å². The average Bonchev–Trinajstić information content (AvgIpc) is 2.48. The molecule has 0 saturated carbocycles. The lowest BCUT2D eigenvalue weighted by molar-refractivity contribution is -0.387. The van der Waals surface area contributed by atoms with Gasteiger partial charge in [-0.3, -0.25) is 14.9 Å². The van der Waals surface area contributed by atoms with E-state index >= 15 is 0 Å². The van der Waals surface area contributed by atoms with Crippen molar-refractivity contribution in [1.29, 1.82) is 0 Å². The minimum Gasteiger partial charge on any atom is -0.381 e. The van der Waals surface area contributed by atoms with Crippen LogP contribution in [0.5, 0.6) is 0 Å². The summed E-state index contributed by atoms with van der Waals surface area (Å²) in [5.74, 6) is -1.07. The van der Waals surface area contributed by atoms with Crippen molar-refractivity contribution in [3.8, 4) is 0 Å². The van der Waals surface area contributed by atoms with Crippen LogP contribution in [0.1, 0.15) is 30.1 Å². The number of benzene rings is 1. The molecule has 1 aromatic carbocycles. The first-order chi connectivity index (χ1) is 9.99. The van der Waals surface area contributed by atoms with Gasteiger partial charge in [0.05, 0.1) is 4.92 Å². The second-order valence-electron chi connectivity index (χ2n) is 5.14. The monoisotopic (exact) mass is 296 g/mol. The molecule has 1 fully saturated rings. The number of hydrogen-bond donors (Lipinski definition) is 1. The van der Waals surface area contributed by atoms with E-state index < -0.39 is 22.3 Å². The summed E-state index contributed by atoms with van der Waals surface area (Å²) in [5, 5.41) is 13.5. The van der Waals surface area contributed by atoms with Crippen molar-refractivity contribution in [3.63, 3.8) is 0 Å². The Labute approximate surface area is 121 Å². The summed E-state index contributed by atoms with van der Waals surface area (Å²) in [6.07, 6.45) is 1.73. The number of nitro groups is 1. The summed E-state index contributed by atoms with van der Waals surface area (Å²) in [4.78, 5) is 21.9. The maximum atomic E-state index is 13.2. The number of amides is 1. The minimum absolute atomic E-state index is 0.0643. The summed E-state index contributed by atoms with van der Waals surface area (Å²) in [5.41, 5.74) is -0.608. The summed E-state index contributed by atoms with van der Waals surface area (Å²) in [6.45, 7) is 3.24. The molecule has 21 heavy (non-hydrogen) atoms. The minimum atomic E-state index is -0.950. The van der Waals surface area contributed by atoms with Gasteiger partial charge in [0, 0.05) is 30.9 Å². The van der Waals surface area contributed by atoms with Gasteiger partial charge in [-0.05, 0) is 37.8 Å². The number of ether oxygens (including phenoxy) is 1. The van der Waals surface area contributed by atoms with Crippen LogP contribution in [0, 0.1) is 21.8 Å². The molecule has 1 aliphatic rings.